The number of hydrogen-bond acceptors (Lipinski definition) is 1. The number of carbonyl (C=O) groups excluding carboxylic acids is 1. The molecule has 1 fully saturated rings. The van der Waals surface area contributed by atoms with E-state index < -0.39 is 0 Å². The number of Topliss-reactive ketones (excluding diaryl/α,β-unsaturated/α-hetero) is 1. The fourth-order valence-electron chi connectivity index (χ4n) is 2.82. The van der Waals surface area contributed by atoms with Crippen LogP contribution in [-0.4, -0.2) is 5.78 Å². The number of halogens is 1. The molecule has 2 rings (SSSR count). The molecule has 0 saturated heterocycles. The summed E-state index contributed by atoms with van der Waals surface area (Å²) in [5.74, 6) is 0.802. The third-order valence-corrected chi connectivity index (χ3v) is 4.17. The van der Waals surface area contributed by atoms with E-state index in [9.17, 15) is 4.79 Å². The second-order valence-corrected chi connectivity index (χ2v) is 5.65. The average Bonchev–Trinajstić information content (AvgIpc) is 2.40. The Labute approximate surface area is 115 Å². The molecule has 1 aromatic rings. The molecule has 1 saturated carbocycles. The van der Waals surface area contributed by atoms with Crippen LogP contribution in [0, 0.1) is 0 Å². The molecule has 0 aliphatic heterocycles. The minimum atomic E-state index is 0.203. The van der Waals surface area contributed by atoms with Crippen molar-refractivity contribution in [3.05, 3.63) is 34.3 Å². The predicted molar refractivity (Wildman–Crippen MR) is 76.5 cm³/mol. The van der Waals surface area contributed by atoms with Gasteiger partial charge < -0.3 is 0 Å². The highest BCUT2D eigenvalue weighted by Gasteiger charge is 2.18. The van der Waals surface area contributed by atoms with Gasteiger partial charge in [-0.25, -0.2) is 0 Å². The molecule has 98 valence electrons. The Bertz CT molecular complexity index is 419. The van der Waals surface area contributed by atoms with E-state index in [1.165, 1.54) is 37.7 Å². The lowest BCUT2D eigenvalue weighted by atomic mass is 9.83. The molecule has 0 bridgehead atoms. The molecule has 2 heteroatoms. The highest BCUT2D eigenvalue weighted by molar-refractivity contribution is 6.31. The first-order valence-corrected chi connectivity index (χ1v) is 7.42. The Morgan fingerprint density at radius 3 is 2.61 bits per heavy atom. The Hall–Kier alpha value is -0.820. The number of rotatable bonds is 4. The van der Waals surface area contributed by atoms with Crippen molar-refractivity contribution in [1.82, 2.24) is 0 Å². The first kappa shape index (κ1) is 13.6. The van der Waals surface area contributed by atoms with Gasteiger partial charge in [0.25, 0.3) is 0 Å². The molecule has 0 atom stereocenters. The average molecular weight is 265 g/mol. The molecule has 0 unspecified atom stereocenters. The van der Waals surface area contributed by atoms with Gasteiger partial charge in [-0.15, -0.1) is 0 Å². The van der Waals surface area contributed by atoms with Gasteiger partial charge in [0.15, 0.2) is 5.78 Å². The summed E-state index contributed by atoms with van der Waals surface area (Å²) in [7, 11) is 0. The molecule has 0 radical (unpaired) electrons. The lowest BCUT2D eigenvalue weighted by Crippen LogP contribution is -2.06. The predicted octanol–water partition coefficient (Wildman–Crippen LogP) is 5.37. The summed E-state index contributed by atoms with van der Waals surface area (Å²) >= 11 is 6.35. The molecular formula is C16H21ClO. The molecule has 0 heterocycles. The van der Waals surface area contributed by atoms with Crippen LogP contribution >= 0.6 is 11.6 Å². The van der Waals surface area contributed by atoms with E-state index in [0.29, 0.717) is 12.3 Å². The first-order valence-electron chi connectivity index (χ1n) is 7.05. The van der Waals surface area contributed by atoms with Crippen LogP contribution in [0.5, 0.6) is 0 Å². The molecule has 0 spiro atoms. The monoisotopic (exact) mass is 264 g/mol. The summed E-state index contributed by atoms with van der Waals surface area (Å²) in [5.41, 5.74) is 2.01. The van der Waals surface area contributed by atoms with Gasteiger partial charge in [-0.1, -0.05) is 49.9 Å². The molecule has 0 aromatic heterocycles. The van der Waals surface area contributed by atoms with Crippen molar-refractivity contribution in [1.29, 1.82) is 0 Å². The Morgan fingerprint density at radius 2 is 2.00 bits per heavy atom. The molecular weight excluding hydrogens is 244 g/mol. The molecule has 0 amide bonds. The van der Waals surface area contributed by atoms with Crippen molar-refractivity contribution in [2.24, 2.45) is 0 Å². The molecule has 1 aromatic carbocycles. The minimum Gasteiger partial charge on any atom is -0.294 e. The summed E-state index contributed by atoms with van der Waals surface area (Å²) in [6.45, 7) is 2.02. The zero-order valence-corrected chi connectivity index (χ0v) is 11.8. The molecule has 1 aliphatic carbocycles. The Balaban J connectivity index is 2.16. The topological polar surface area (TPSA) is 17.1 Å². The maximum Gasteiger partial charge on any atom is 0.162 e. The smallest absolute Gasteiger partial charge is 0.162 e. The minimum absolute atomic E-state index is 0.203. The van der Waals surface area contributed by atoms with Gasteiger partial charge in [-0.2, -0.15) is 0 Å². The Kier molecular flexibility index (Phi) is 4.82. The maximum absolute atomic E-state index is 11.8. The van der Waals surface area contributed by atoms with Gasteiger partial charge in [0.1, 0.15) is 0 Å². The van der Waals surface area contributed by atoms with Crippen molar-refractivity contribution < 1.29 is 4.79 Å². The van der Waals surface area contributed by atoms with Gasteiger partial charge in [0.2, 0.25) is 0 Å². The van der Waals surface area contributed by atoms with Crippen LogP contribution in [0.3, 0.4) is 0 Å². The lowest BCUT2D eigenvalue weighted by molar-refractivity contribution is 0.0981. The Morgan fingerprint density at radius 1 is 1.28 bits per heavy atom. The van der Waals surface area contributed by atoms with Crippen LogP contribution in [0.1, 0.15) is 73.7 Å². The molecule has 1 aliphatic rings. The summed E-state index contributed by atoms with van der Waals surface area (Å²) in [5, 5.41) is 0.781. The fourth-order valence-corrected chi connectivity index (χ4v) is 3.15. The van der Waals surface area contributed by atoms with Gasteiger partial charge in [-0.05, 0) is 36.8 Å². The molecule has 1 nitrogen and oxygen atoms in total. The van der Waals surface area contributed by atoms with E-state index in [2.05, 4.69) is 6.07 Å². The van der Waals surface area contributed by atoms with Crippen molar-refractivity contribution >= 4 is 17.4 Å². The standard InChI is InChI=1S/C16H21ClO/c1-2-6-16(18)13-9-10-14(15(17)11-13)12-7-4-3-5-8-12/h9-12H,2-8H2,1H3. The van der Waals surface area contributed by atoms with E-state index in [1.807, 2.05) is 19.1 Å². The van der Waals surface area contributed by atoms with E-state index in [4.69, 9.17) is 11.6 Å². The second kappa shape index (κ2) is 6.38. The van der Waals surface area contributed by atoms with Crippen molar-refractivity contribution in [3.63, 3.8) is 0 Å². The van der Waals surface area contributed by atoms with E-state index in [0.717, 1.165) is 17.0 Å². The third-order valence-electron chi connectivity index (χ3n) is 3.84. The number of hydrogen-bond donors (Lipinski definition) is 0. The van der Waals surface area contributed by atoms with E-state index >= 15 is 0 Å². The van der Waals surface area contributed by atoms with Crippen molar-refractivity contribution in [3.8, 4) is 0 Å². The first-order chi connectivity index (χ1) is 8.72. The molecule has 0 N–H and O–H groups in total. The third kappa shape index (κ3) is 3.14. The highest BCUT2D eigenvalue weighted by atomic mass is 35.5. The summed E-state index contributed by atoms with van der Waals surface area (Å²) in [6, 6.07) is 5.89. The number of carbonyl (C=O) groups is 1. The molecule has 18 heavy (non-hydrogen) atoms. The van der Waals surface area contributed by atoms with Crippen LogP contribution in [0.25, 0.3) is 0 Å². The zero-order chi connectivity index (χ0) is 13.0. The fraction of sp³-hybridized carbons (Fsp3) is 0.562. The SMILES string of the molecule is CCCC(=O)c1ccc(C2CCCCC2)c(Cl)c1. The summed E-state index contributed by atoms with van der Waals surface area (Å²) < 4.78 is 0. The van der Waals surface area contributed by atoms with Crippen molar-refractivity contribution in [2.75, 3.05) is 0 Å². The quantitative estimate of drug-likeness (QED) is 0.668. The second-order valence-electron chi connectivity index (χ2n) is 5.24. The highest BCUT2D eigenvalue weighted by Crippen LogP contribution is 2.36. The van der Waals surface area contributed by atoms with E-state index in [-0.39, 0.29) is 5.78 Å². The van der Waals surface area contributed by atoms with Crippen LogP contribution in [0.4, 0.5) is 0 Å². The van der Waals surface area contributed by atoms with Gasteiger partial charge in [-0.3, -0.25) is 4.79 Å². The van der Waals surface area contributed by atoms with Crippen LogP contribution in [0.2, 0.25) is 5.02 Å². The number of benzene rings is 1. The van der Waals surface area contributed by atoms with Gasteiger partial charge >= 0.3 is 0 Å². The maximum atomic E-state index is 11.8. The normalized spacial score (nSPS) is 16.8. The van der Waals surface area contributed by atoms with Gasteiger partial charge in [0, 0.05) is 17.0 Å². The lowest BCUT2D eigenvalue weighted by Gasteiger charge is -2.23. The number of ketones is 1. The summed E-state index contributed by atoms with van der Waals surface area (Å²) in [4.78, 5) is 11.8. The largest absolute Gasteiger partial charge is 0.294 e. The van der Waals surface area contributed by atoms with Gasteiger partial charge in [0.05, 0.1) is 0 Å². The summed E-state index contributed by atoms with van der Waals surface area (Å²) in [6.07, 6.45) is 7.93. The van der Waals surface area contributed by atoms with Crippen LogP contribution in [0.15, 0.2) is 18.2 Å². The van der Waals surface area contributed by atoms with Crippen molar-refractivity contribution in [2.45, 2.75) is 57.8 Å². The van der Waals surface area contributed by atoms with Crippen LogP contribution in [-0.2, 0) is 0 Å². The van der Waals surface area contributed by atoms with E-state index in [1.54, 1.807) is 0 Å². The van der Waals surface area contributed by atoms with Crippen LogP contribution < -0.4 is 0 Å². The zero-order valence-electron chi connectivity index (χ0n) is 11.0.